The fourth-order valence-electron chi connectivity index (χ4n) is 2.98. The molecule has 1 aliphatic heterocycles. The molecule has 0 saturated carbocycles. The highest BCUT2D eigenvalue weighted by atomic mass is 79.9. The van der Waals surface area contributed by atoms with Crippen molar-refractivity contribution < 1.29 is 5.11 Å². The second-order valence-corrected chi connectivity index (χ2v) is 6.71. The number of halogens is 1. The smallest absolute Gasteiger partial charge is 0.113 e. The van der Waals surface area contributed by atoms with Crippen molar-refractivity contribution in [1.29, 1.82) is 0 Å². The van der Waals surface area contributed by atoms with Crippen molar-refractivity contribution >= 4 is 15.9 Å². The summed E-state index contributed by atoms with van der Waals surface area (Å²) in [5, 5.41) is 19.1. The standard InChI is InChI=1S/C14H25BrN4O/c1-4-11-9-16-6-5-14(11,20)13-12(15)10-17-19(13)8-7-18(2)3/h10-11,16,20H,4-9H2,1-3H3. The van der Waals surface area contributed by atoms with Crippen LogP contribution in [-0.2, 0) is 12.1 Å². The molecule has 5 nitrogen and oxygen atoms in total. The van der Waals surface area contributed by atoms with E-state index in [4.69, 9.17) is 0 Å². The van der Waals surface area contributed by atoms with Crippen LogP contribution in [-0.4, -0.2) is 53.5 Å². The molecule has 114 valence electrons. The maximum atomic E-state index is 11.3. The Bertz CT molecular complexity index is 448. The molecule has 2 rings (SSSR count). The largest absolute Gasteiger partial charge is 0.383 e. The van der Waals surface area contributed by atoms with E-state index < -0.39 is 5.60 Å². The Morgan fingerprint density at radius 2 is 2.35 bits per heavy atom. The first-order valence-electron chi connectivity index (χ1n) is 7.28. The van der Waals surface area contributed by atoms with E-state index in [1.54, 1.807) is 6.20 Å². The van der Waals surface area contributed by atoms with E-state index in [-0.39, 0.29) is 5.92 Å². The van der Waals surface area contributed by atoms with Gasteiger partial charge in [-0.15, -0.1) is 0 Å². The summed E-state index contributed by atoms with van der Waals surface area (Å²) in [4.78, 5) is 2.13. The fraction of sp³-hybridized carbons (Fsp3) is 0.786. The van der Waals surface area contributed by atoms with Gasteiger partial charge in [-0.2, -0.15) is 5.10 Å². The molecule has 1 aromatic rings. The van der Waals surface area contributed by atoms with Crippen molar-refractivity contribution in [3.05, 3.63) is 16.4 Å². The fourth-order valence-corrected chi connectivity index (χ4v) is 3.62. The lowest BCUT2D eigenvalue weighted by Crippen LogP contribution is -2.49. The van der Waals surface area contributed by atoms with Crippen LogP contribution in [0, 0.1) is 5.92 Å². The van der Waals surface area contributed by atoms with Gasteiger partial charge in [-0.05, 0) is 49.4 Å². The van der Waals surface area contributed by atoms with E-state index in [1.807, 2.05) is 18.8 Å². The summed E-state index contributed by atoms with van der Waals surface area (Å²) in [5.41, 5.74) is 0.148. The molecule has 2 atom stereocenters. The summed E-state index contributed by atoms with van der Waals surface area (Å²) in [6.45, 7) is 5.54. The third-order valence-corrected chi connectivity index (χ3v) is 4.79. The molecule has 1 aliphatic rings. The quantitative estimate of drug-likeness (QED) is 0.848. The zero-order valence-electron chi connectivity index (χ0n) is 12.6. The average molecular weight is 345 g/mol. The van der Waals surface area contributed by atoms with Crippen LogP contribution in [0.5, 0.6) is 0 Å². The topological polar surface area (TPSA) is 53.3 Å². The van der Waals surface area contributed by atoms with Crippen molar-refractivity contribution in [3.8, 4) is 0 Å². The number of hydrogen-bond donors (Lipinski definition) is 2. The molecule has 2 unspecified atom stereocenters. The zero-order valence-corrected chi connectivity index (χ0v) is 14.2. The lowest BCUT2D eigenvalue weighted by molar-refractivity contribution is -0.0556. The minimum absolute atomic E-state index is 0.224. The number of hydrogen-bond acceptors (Lipinski definition) is 4. The van der Waals surface area contributed by atoms with Gasteiger partial charge in [0.1, 0.15) is 5.60 Å². The molecular formula is C14H25BrN4O. The second kappa shape index (κ2) is 6.56. The van der Waals surface area contributed by atoms with E-state index in [9.17, 15) is 5.11 Å². The van der Waals surface area contributed by atoms with E-state index in [0.717, 1.165) is 49.2 Å². The zero-order chi connectivity index (χ0) is 14.8. The summed E-state index contributed by atoms with van der Waals surface area (Å²) < 4.78 is 2.87. The second-order valence-electron chi connectivity index (χ2n) is 5.85. The SMILES string of the molecule is CCC1CNCCC1(O)c1c(Br)cnn1CCN(C)C. The number of rotatable bonds is 5. The Morgan fingerprint density at radius 3 is 3.00 bits per heavy atom. The Labute approximate surface area is 129 Å². The third kappa shape index (κ3) is 3.08. The van der Waals surface area contributed by atoms with E-state index in [0.29, 0.717) is 0 Å². The molecule has 1 saturated heterocycles. The first-order chi connectivity index (χ1) is 9.49. The van der Waals surface area contributed by atoms with Crippen LogP contribution in [0.1, 0.15) is 25.5 Å². The maximum Gasteiger partial charge on any atom is 0.113 e. The van der Waals surface area contributed by atoms with Gasteiger partial charge < -0.3 is 15.3 Å². The predicted molar refractivity (Wildman–Crippen MR) is 83.6 cm³/mol. The molecule has 0 spiro atoms. The number of aliphatic hydroxyl groups is 1. The highest BCUT2D eigenvalue weighted by Crippen LogP contribution is 2.40. The molecule has 2 N–H and O–H groups in total. The van der Waals surface area contributed by atoms with Gasteiger partial charge in [0.15, 0.2) is 0 Å². The molecule has 0 radical (unpaired) electrons. The third-order valence-electron chi connectivity index (χ3n) is 4.21. The van der Waals surface area contributed by atoms with Gasteiger partial charge in [0.2, 0.25) is 0 Å². The lowest BCUT2D eigenvalue weighted by atomic mass is 9.77. The normalized spacial score (nSPS) is 27.2. The van der Waals surface area contributed by atoms with Crippen LogP contribution >= 0.6 is 15.9 Å². The summed E-state index contributed by atoms with van der Waals surface area (Å²) in [6.07, 6.45) is 3.49. The van der Waals surface area contributed by atoms with Crippen molar-refractivity contribution in [1.82, 2.24) is 20.0 Å². The van der Waals surface area contributed by atoms with Crippen LogP contribution in [0.2, 0.25) is 0 Å². The van der Waals surface area contributed by atoms with Crippen molar-refractivity contribution in [2.45, 2.75) is 31.9 Å². The summed E-state index contributed by atoms with van der Waals surface area (Å²) in [6, 6.07) is 0. The molecule has 1 fully saturated rings. The number of nitrogens with zero attached hydrogens (tertiary/aromatic N) is 3. The first kappa shape index (κ1) is 15.9. The Hall–Kier alpha value is -0.430. The summed E-state index contributed by atoms with van der Waals surface area (Å²) in [5.74, 6) is 0.224. The highest BCUT2D eigenvalue weighted by Gasteiger charge is 2.43. The molecule has 0 amide bonds. The molecule has 6 heteroatoms. The summed E-state index contributed by atoms with van der Waals surface area (Å²) in [7, 11) is 4.10. The van der Waals surface area contributed by atoms with Gasteiger partial charge in [0, 0.05) is 19.0 Å². The average Bonchev–Trinajstić information content (AvgIpc) is 2.78. The van der Waals surface area contributed by atoms with Crippen molar-refractivity contribution in [3.63, 3.8) is 0 Å². The minimum atomic E-state index is -0.790. The number of nitrogens with one attached hydrogen (secondary N) is 1. The van der Waals surface area contributed by atoms with Gasteiger partial charge >= 0.3 is 0 Å². The van der Waals surface area contributed by atoms with Gasteiger partial charge in [0.25, 0.3) is 0 Å². The van der Waals surface area contributed by atoms with Gasteiger partial charge in [-0.25, -0.2) is 0 Å². The van der Waals surface area contributed by atoms with Crippen LogP contribution in [0.3, 0.4) is 0 Å². The molecule has 0 aromatic carbocycles. The summed E-state index contributed by atoms with van der Waals surface area (Å²) >= 11 is 3.57. The number of likely N-dealkylation sites (N-methyl/N-ethyl adjacent to an activating group) is 1. The lowest BCUT2D eigenvalue weighted by Gasteiger charge is -2.40. The van der Waals surface area contributed by atoms with Crippen LogP contribution in [0.4, 0.5) is 0 Å². The van der Waals surface area contributed by atoms with E-state index in [2.05, 4.69) is 38.2 Å². The van der Waals surface area contributed by atoms with Gasteiger partial charge in [-0.1, -0.05) is 6.92 Å². The highest BCUT2D eigenvalue weighted by molar-refractivity contribution is 9.10. The molecule has 0 aliphatic carbocycles. The van der Waals surface area contributed by atoms with E-state index >= 15 is 0 Å². The predicted octanol–water partition coefficient (Wildman–Crippen LogP) is 1.41. The monoisotopic (exact) mass is 344 g/mol. The molecule has 20 heavy (non-hydrogen) atoms. The number of aromatic nitrogens is 2. The number of piperidine rings is 1. The molecule has 0 bridgehead atoms. The minimum Gasteiger partial charge on any atom is -0.383 e. The van der Waals surface area contributed by atoms with Crippen LogP contribution in [0.15, 0.2) is 10.7 Å². The van der Waals surface area contributed by atoms with Crippen molar-refractivity contribution in [2.24, 2.45) is 5.92 Å². The van der Waals surface area contributed by atoms with Gasteiger partial charge in [0.05, 0.1) is 22.9 Å². The van der Waals surface area contributed by atoms with Gasteiger partial charge in [-0.3, -0.25) is 4.68 Å². The Morgan fingerprint density at radius 1 is 1.60 bits per heavy atom. The molecule has 2 heterocycles. The maximum absolute atomic E-state index is 11.3. The molecule has 1 aromatic heterocycles. The van der Waals surface area contributed by atoms with Crippen LogP contribution in [0.25, 0.3) is 0 Å². The Balaban J connectivity index is 2.31. The molecular weight excluding hydrogens is 320 g/mol. The Kier molecular flexibility index (Phi) is 5.23. The van der Waals surface area contributed by atoms with Crippen molar-refractivity contribution in [2.75, 3.05) is 33.7 Å². The van der Waals surface area contributed by atoms with Crippen LogP contribution < -0.4 is 5.32 Å². The van der Waals surface area contributed by atoms with E-state index in [1.165, 1.54) is 0 Å². The first-order valence-corrected chi connectivity index (χ1v) is 8.08.